The van der Waals surface area contributed by atoms with Crippen molar-refractivity contribution in [2.75, 3.05) is 19.7 Å². The molecule has 0 fully saturated rings. The SMILES string of the molecule is CCCN(CCO)C(=O)CCc1ccc(F)cc1. The van der Waals surface area contributed by atoms with E-state index in [1.54, 1.807) is 17.0 Å². The van der Waals surface area contributed by atoms with Gasteiger partial charge in [-0.15, -0.1) is 0 Å². The molecule has 1 N–H and O–H groups in total. The summed E-state index contributed by atoms with van der Waals surface area (Å²) in [6.45, 7) is 3.04. The Hall–Kier alpha value is -1.42. The summed E-state index contributed by atoms with van der Waals surface area (Å²) in [6.07, 6.45) is 1.87. The Morgan fingerprint density at radius 1 is 1.28 bits per heavy atom. The average molecular weight is 253 g/mol. The van der Waals surface area contributed by atoms with Crippen molar-refractivity contribution >= 4 is 5.91 Å². The van der Waals surface area contributed by atoms with Gasteiger partial charge in [0.1, 0.15) is 5.82 Å². The van der Waals surface area contributed by atoms with Crippen LogP contribution in [0.1, 0.15) is 25.3 Å². The van der Waals surface area contributed by atoms with Gasteiger partial charge < -0.3 is 10.0 Å². The van der Waals surface area contributed by atoms with Gasteiger partial charge in [0, 0.05) is 19.5 Å². The number of aliphatic hydroxyl groups is 1. The number of carbonyl (C=O) groups is 1. The van der Waals surface area contributed by atoms with Crippen molar-refractivity contribution in [3.63, 3.8) is 0 Å². The van der Waals surface area contributed by atoms with E-state index in [1.807, 2.05) is 6.92 Å². The fourth-order valence-electron chi connectivity index (χ4n) is 1.81. The zero-order valence-electron chi connectivity index (χ0n) is 10.7. The van der Waals surface area contributed by atoms with E-state index in [4.69, 9.17) is 5.11 Å². The molecular weight excluding hydrogens is 233 g/mol. The van der Waals surface area contributed by atoms with Gasteiger partial charge in [-0.3, -0.25) is 4.79 Å². The number of hydrogen-bond acceptors (Lipinski definition) is 2. The first-order valence-corrected chi connectivity index (χ1v) is 6.30. The number of hydrogen-bond donors (Lipinski definition) is 1. The van der Waals surface area contributed by atoms with E-state index >= 15 is 0 Å². The summed E-state index contributed by atoms with van der Waals surface area (Å²) in [5, 5.41) is 8.89. The predicted octanol–water partition coefficient (Wildman–Crippen LogP) is 1.99. The van der Waals surface area contributed by atoms with Gasteiger partial charge in [-0.1, -0.05) is 19.1 Å². The van der Waals surface area contributed by atoms with Crippen LogP contribution in [-0.4, -0.2) is 35.6 Å². The van der Waals surface area contributed by atoms with Crippen molar-refractivity contribution in [1.82, 2.24) is 4.90 Å². The van der Waals surface area contributed by atoms with E-state index in [2.05, 4.69) is 0 Å². The number of aliphatic hydroxyl groups excluding tert-OH is 1. The first kappa shape index (κ1) is 14.6. The normalized spacial score (nSPS) is 10.4. The Labute approximate surface area is 107 Å². The third kappa shape index (κ3) is 4.84. The molecule has 0 spiro atoms. The molecule has 0 heterocycles. The highest BCUT2D eigenvalue weighted by atomic mass is 19.1. The van der Waals surface area contributed by atoms with E-state index in [0.29, 0.717) is 25.9 Å². The molecule has 0 bridgehead atoms. The molecule has 100 valence electrons. The second kappa shape index (κ2) is 7.82. The highest BCUT2D eigenvalue weighted by Gasteiger charge is 2.11. The molecule has 0 aromatic heterocycles. The van der Waals surface area contributed by atoms with Crippen LogP contribution < -0.4 is 0 Å². The topological polar surface area (TPSA) is 40.5 Å². The maximum absolute atomic E-state index is 12.7. The van der Waals surface area contributed by atoms with Crippen LogP contribution in [0, 0.1) is 5.82 Å². The van der Waals surface area contributed by atoms with Crippen LogP contribution in [0.2, 0.25) is 0 Å². The van der Waals surface area contributed by atoms with Crippen LogP contribution in [0.4, 0.5) is 4.39 Å². The number of carbonyl (C=O) groups excluding carboxylic acids is 1. The molecule has 1 amide bonds. The van der Waals surface area contributed by atoms with Gasteiger partial charge in [-0.25, -0.2) is 4.39 Å². The summed E-state index contributed by atoms with van der Waals surface area (Å²) in [7, 11) is 0. The van der Waals surface area contributed by atoms with Crippen molar-refractivity contribution < 1.29 is 14.3 Å². The number of rotatable bonds is 7. The minimum atomic E-state index is -0.266. The average Bonchev–Trinajstić information content (AvgIpc) is 2.37. The third-order valence-corrected chi connectivity index (χ3v) is 2.76. The van der Waals surface area contributed by atoms with Gasteiger partial charge >= 0.3 is 0 Å². The van der Waals surface area contributed by atoms with Crippen LogP contribution in [0.3, 0.4) is 0 Å². The molecule has 1 aromatic rings. The Morgan fingerprint density at radius 2 is 1.94 bits per heavy atom. The molecule has 0 aliphatic carbocycles. The number of aryl methyl sites for hydroxylation is 1. The molecule has 0 saturated carbocycles. The summed E-state index contributed by atoms with van der Waals surface area (Å²) in [4.78, 5) is 13.6. The van der Waals surface area contributed by atoms with Crippen LogP contribution >= 0.6 is 0 Å². The fraction of sp³-hybridized carbons (Fsp3) is 0.500. The van der Waals surface area contributed by atoms with E-state index in [-0.39, 0.29) is 18.3 Å². The second-order valence-electron chi connectivity index (χ2n) is 4.23. The lowest BCUT2D eigenvalue weighted by Gasteiger charge is -2.21. The number of halogens is 1. The smallest absolute Gasteiger partial charge is 0.222 e. The maximum atomic E-state index is 12.7. The quantitative estimate of drug-likeness (QED) is 0.807. The standard InChI is InChI=1S/C14H20FNO2/c1-2-9-16(10-11-17)14(18)8-5-12-3-6-13(15)7-4-12/h3-4,6-7,17H,2,5,8-11H2,1H3. The Balaban J connectivity index is 2.45. The van der Waals surface area contributed by atoms with Gasteiger partial charge in [-0.2, -0.15) is 0 Å². The minimum absolute atomic E-state index is 0.0116. The number of nitrogens with zero attached hydrogens (tertiary/aromatic N) is 1. The van der Waals surface area contributed by atoms with Crippen LogP contribution in [0.25, 0.3) is 0 Å². The van der Waals surface area contributed by atoms with E-state index in [0.717, 1.165) is 12.0 Å². The Bertz CT molecular complexity index is 359. The summed E-state index contributed by atoms with van der Waals surface area (Å²) in [6, 6.07) is 6.19. The van der Waals surface area contributed by atoms with Crippen molar-refractivity contribution in [2.24, 2.45) is 0 Å². The van der Waals surface area contributed by atoms with Gasteiger partial charge in [0.25, 0.3) is 0 Å². The first-order chi connectivity index (χ1) is 8.67. The number of amides is 1. The lowest BCUT2D eigenvalue weighted by Crippen LogP contribution is -2.34. The lowest BCUT2D eigenvalue weighted by molar-refractivity contribution is -0.131. The lowest BCUT2D eigenvalue weighted by atomic mass is 10.1. The van der Waals surface area contributed by atoms with E-state index < -0.39 is 0 Å². The molecule has 0 radical (unpaired) electrons. The predicted molar refractivity (Wildman–Crippen MR) is 68.7 cm³/mol. The Morgan fingerprint density at radius 3 is 2.50 bits per heavy atom. The molecule has 0 saturated heterocycles. The van der Waals surface area contributed by atoms with Gasteiger partial charge in [0.15, 0.2) is 0 Å². The third-order valence-electron chi connectivity index (χ3n) is 2.76. The molecule has 1 rings (SSSR count). The Kier molecular flexibility index (Phi) is 6.36. The highest BCUT2D eigenvalue weighted by molar-refractivity contribution is 5.76. The van der Waals surface area contributed by atoms with Crippen molar-refractivity contribution in [1.29, 1.82) is 0 Å². The molecule has 0 aliphatic rings. The zero-order valence-corrected chi connectivity index (χ0v) is 10.7. The van der Waals surface area contributed by atoms with Crippen molar-refractivity contribution in [3.8, 4) is 0 Å². The van der Waals surface area contributed by atoms with Gasteiger partial charge in [-0.05, 0) is 30.5 Å². The molecule has 0 unspecified atom stereocenters. The zero-order chi connectivity index (χ0) is 13.4. The summed E-state index contributed by atoms with van der Waals surface area (Å²) >= 11 is 0. The molecule has 3 nitrogen and oxygen atoms in total. The molecule has 0 aliphatic heterocycles. The largest absolute Gasteiger partial charge is 0.395 e. The minimum Gasteiger partial charge on any atom is -0.395 e. The first-order valence-electron chi connectivity index (χ1n) is 6.30. The number of benzene rings is 1. The summed E-state index contributed by atoms with van der Waals surface area (Å²) < 4.78 is 12.7. The monoisotopic (exact) mass is 253 g/mol. The van der Waals surface area contributed by atoms with Gasteiger partial charge in [0.05, 0.1) is 6.61 Å². The summed E-state index contributed by atoms with van der Waals surface area (Å²) in [5.41, 5.74) is 0.949. The second-order valence-corrected chi connectivity index (χ2v) is 4.23. The van der Waals surface area contributed by atoms with Crippen LogP contribution in [0.5, 0.6) is 0 Å². The van der Waals surface area contributed by atoms with Crippen molar-refractivity contribution in [3.05, 3.63) is 35.6 Å². The molecule has 0 atom stereocenters. The van der Waals surface area contributed by atoms with E-state index in [1.165, 1.54) is 12.1 Å². The van der Waals surface area contributed by atoms with Gasteiger partial charge in [0.2, 0.25) is 5.91 Å². The summed E-state index contributed by atoms with van der Waals surface area (Å²) in [5.74, 6) is -0.229. The molecule has 18 heavy (non-hydrogen) atoms. The molecule has 4 heteroatoms. The fourth-order valence-corrected chi connectivity index (χ4v) is 1.81. The molecular formula is C14H20FNO2. The van der Waals surface area contributed by atoms with Crippen molar-refractivity contribution in [2.45, 2.75) is 26.2 Å². The van der Waals surface area contributed by atoms with Crippen LogP contribution in [-0.2, 0) is 11.2 Å². The van der Waals surface area contributed by atoms with E-state index in [9.17, 15) is 9.18 Å². The van der Waals surface area contributed by atoms with Crippen LogP contribution in [0.15, 0.2) is 24.3 Å². The maximum Gasteiger partial charge on any atom is 0.222 e. The molecule has 1 aromatic carbocycles. The highest BCUT2D eigenvalue weighted by Crippen LogP contribution is 2.07.